The summed E-state index contributed by atoms with van der Waals surface area (Å²) in [5.41, 5.74) is 8.20. The predicted molar refractivity (Wildman–Crippen MR) is 85.9 cm³/mol. The molecule has 0 atom stereocenters. The highest BCUT2D eigenvalue weighted by molar-refractivity contribution is 9.10. The highest BCUT2D eigenvalue weighted by Crippen LogP contribution is 2.30. The molecule has 2 aromatic carbocycles. The fraction of sp³-hybridized carbons (Fsp3) is 0.0667. The Balaban J connectivity index is 2.02. The maximum atomic E-state index is 5.83. The van der Waals surface area contributed by atoms with Gasteiger partial charge in [-0.05, 0) is 30.3 Å². The number of nitrogen functional groups attached to an aromatic ring is 1. The van der Waals surface area contributed by atoms with E-state index in [-0.39, 0.29) is 0 Å². The molecule has 1 aromatic heterocycles. The third-order valence-corrected chi connectivity index (χ3v) is 3.60. The number of benzene rings is 2. The summed E-state index contributed by atoms with van der Waals surface area (Å²) in [5.74, 6) is 1.95. The molecule has 0 saturated heterocycles. The number of aromatic amines is 1. The van der Waals surface area contributed by atoms with Crippen molar-refractivity contribution in [1.29, 1.82) is 0 Å². The first-order chi connectivity index (χ1) is 10.2. The Bertz CT molecular complexity index is 768. The van der Waals surface area contributed by atoms with E-state index in [4.69, 9.17) is 10.5 Å². The van der Waals surface area contributed by atoms with Crippen LogP contribution in [0, 0.1) is 0 Å². The van der Waals surface area contributed by atoms with E-state index in [1.54, 1.807) is 13.2 Å². The minimum absolute atomic E-state index is 0.622. The van der Waals surface area contributed by atoms with Gasteiger partial charge in [-0.15, -0.1) is 0 Å². The molecule has 0 aliphatic carbocycles. The summed E-state index contributed by atoms with van der Waals surface area (Å²) in [7, 11) is 1.61. The molecule has 0 bridgehead atoms. The number of halogens is 1. The average Bonchev–Trinajstić information content (AvgIpc) is 2.97. The molecule has 0 aliphatic rings. The van der Waals surface area contributed by atoms with Gasteiger partial charge in [-0.2, -0.15) is 5.10 Å². The van der Waals surface area contributed by atoms with Crippen LogP contribution in [0.2, 0.25) is 0 Å². The SMILES string of the molecule is COc1ccc(N)cc1-c1nc(-c2ccc(Br)cc2)n[nH]1. The molecule has 0 saturated carbocycles. The lowest BCUT2D eigenvalue weighted by molar-refractivity contribution is 0.416. The van der Waals surface area contributed by atoms with Crippen LogP contribution in [0.1, 0.15) is 0 Å². The fourth-order valence-corrected chi connectivity index (χ4v) is 2.29. The number of hydrogen-bond donors (Lipinski definition) is 2. The maximum Gasteiger partial charge on any atom is 0.181 e. The Kier molecular flexibility index (Phi) is 3.62. The van der Waals surface area contributed by atoms with Crippen LogP contribution >= 0.6 is 15.9 Å². The Morgan fingerprint density at radius 3 is 2.62 bits per heavy atom. The topological polar surface area (TPSA) is 76.8 Å². The number of anilines is 1. The second-order valence-corrected chi connectivity index (χ2v) is 5.39. The Hall–Kier alpha value is -2.34. The fourth-order valence-electron chi connectivity index (χ4n) is 2.02. The molecule has 0 radical (unpaired) electrons. The normalized spacial score (nSPS) is 10.6. The quantitative estimate of drug-likeness (QED) is 0.713. The summed E-state index contributed by atoms with van der Waals surface area (Å²) >= 11 is 3.41. The van der Waals surface area contributed by atoms with Gasteiger partial charge in [0.25, 0.3) is 0 Å². The van der Waals surface area contributed by atoms with Crippen LogP contribution in [-0.2, 0) is 0 Å². The van der Waals surface area contributed by atoms with Crippen molar-refractivity contribution in [2.45, 2.75) is 0 Å². The molecule has 3 rings (SSSR count). The smallest absolute Gasteiger partial charge is 0.181 e. The summed E-state index contributed by atoms with van der Waals surface area (Å²) in [6, 6.07) is 13.2. The summed E-state index contributed by atoms with van der Waals surface area (Å²) < 4.78 is 6.35. The molecule has 0 unspecified atom stereocenters. The number of nitrogens with two attached hydrogens (primary N) is 1. The summed E-state index contributed by atoms with van der Waals surface area (Å²) in [6.45, 7) is 0. The minimum Gasteiger partial charge on any atom is -0.496 e. The Morgan fingerprint density at radius 1 is 1.14 bits per heavy atom. The molecular formula is C15H13BrN4O. The van der Waals surface area contributed by atoms with Crippen LogP contribution in [-0.4, -0.2) is 22.3 Å². The number of ether oxygens (including phenoxy) is 1. The second-order valence-electron chi connectivity index (χ2n) is 4.47. The second kappa shape index (κ2) is 5.57. The molecule has 0 spiro atoms. The van der Waals surface area contributed by atoms with Crippen LogP contribution in [0.25, 0.3) is 22.8 Å². The highest BCUT2D eigenvalue weighted by atomic mass is 79.9. The molecular weight excluding hydrogens is 332 g/mol. The van der Waals surface area contributed by atoms with Crippen molar-refractivity contribution >= 4 is 21.6 Å². The van der Waals surface area contributed by atoms with Crippen LogP contribution in [0.5, 0.6) is 5.75 Å². The van der Waals surface area contributed by atoms with Crippen LogP contribution < -0.4 is 10.5 Å². The summed E-state index contributed by atoms with van der Waals surface area (Å²) in [4.78, 5) is 4.51. The molecule has 3 aromatic rings. The van der Waals surface area contributed by atoms with E-state index < -0.39 is 0 Å². The standard InChI is InChI=1S/C15H13BrN4O/c1-21-13-7-6-11(17)8-12(13)15-18-14(19-20-15)9-2-4-10(16)5-3-9/h2-8H,17H2,1H3,(H,18,19,20). The average molecular weight is 345 g/mol. The number of hydrogen-bond acceptors (Lipinski definition) is 4. The summed E-state index contributed by atoms with van der Waals surface area (Å²) in [5, 5.41) is 7.18. The monoisotopic (exact) mass is 344 g/mol. The molecule has 0 amide bonds. The van der Waals surface area contributed by atoms with Crippen molar-refractivity contribution in [3.8, 4) is 28.5 Å². The minimum atomic E-state index is 0.622. The predicted octanol–water partition coefficient (Wildman–Crippen LogP) is 3.49. The van der Waals surface area contributed by atoms with Gasteiger partial charge in [-0.25, -0.2) is 4.98 Å². The van der Waals surface area contributed by atoms with E-state index >= 15 is 0 Å². The zero-order valence-electron chi connectivity index (χ0n) is 11.3. The summed E-state index contributed by atoms with van der Waals surface area (Å²) in [6.07, 6.45) is 0. The third kappa shape index (κ3) is 2.75. The van der Waals surface area contributed by atoms with Crippen LogP contribution in [0.4, 0.5) is 5.69 Å². The van der Waals surface area contributed by atoms with Gasteiger partial charge in [0.15, 0.2) is 11.6 Å². The molecule has 106 valence electrons. The molecule has 21 heavy (non-hydrogen) atoms. The van der Waals surface area contributed by atoms with E-state index in [2.05, 4.69) is 31.1 Å². The van der Waals surface area contributed by atoms with Gasteiger partial charge in [0.05, 0.1) is 12.7 Å². The zero-order chi connectivity index (χ0) is 14.8. The molecule has 6 heteroatoms. The number of nitrogens with one attached hydrogen (secondary N) is 1. The number of aromatic nitrogens is 3. The van der Waals surface area contributed by atoms with E-state index in [1.807, 2.05) is 36.4 Å². The van der Waals surface area contributed by atoms with Gasteiger partial charge >= 0.3 is 0 Å². The van der Waals surface area contributed by atoms with E-state index in [9.17, 15) is 0 Å². The first kappa shape index (κ1) is 13.6. The van der Waals surface area contributed by atoms with Gasteiger partial charge in [0.1, 0.15) is 5.75 Å². The van der Waals surface area contributed by atoms with Gasteiger partial charge in [0.2, 0.25) is 0 Å². The van der Waals surface area contributed by atoms with Crippen molar-refractivity contribution in [1.82, 2.24) is 15.2 Å². The lowest BCUT2D eigenvalue weighted by Crippen LogP contribution is -1.92. The van der Waals surface area contributed by atoms with Crippen molar-refractivity contribution < 1.29 is 4.74 Å². The largest absolute Gasteiger partial charge is 0.496 e. The maximum absolute atomic E-state index is 5.83. The molecule has 0 aliphatic heterocycles. The first-order valence-electron chi connectivity index (χ1n) is 6.29. The van der Waals surface area contributed by atoms with Crippen molar-refractivity contribution in [3.63, 3.8) is 0 Å². The van der Waals surface area contributed by atoms with Gasteiger partial charge in [0, 0.05) is 15.7 Å². The Morgan fingerprint density at radius 2 is 1.90 bits per heavy atom. The molecule has 3 N–H and O–H groups in total. The number of rotatable bonds is 3. The van der Waals surface area contributed by atoms with Crippen molar-refractivity contribution in [2.75, 3.05) is 12.8 Å². The van der Waals surface area contributed by atoms with Crippen LogP contribution in [0.3, 0.4) is 0 Å². The highest BCUT2D eigenvalue weighted by Gasteiger charge is 2.12. The number of nitrogens with zero attached hydrogens (tertiary/aromatic N) is 2. The third-order valence-electron chi connectivity index (χ3n) is 3.07. The lowest BCUT2D eigenvalue weighted by Gasteiger charge is -2.06. The van der Waals surface area contributed by atoms with Gasteiger partial charge in [-0.3, -0.25) is 5.10 Å². The van der Waals surface area contributed by atoms with E-state index in [0.29, 0.717) is 23.1 Å². The van der Waals surface area contributed by atoms with E-state index in [0.717, 1.165) is 15.6 Å². The van der Waals surface area contributed by atoms with E-state index in [1.165, 1.54) is 0 Å². The number of H-pyrrole nitrogens is 1. The lowest BCUT2D eigenvalue weighted by atomic mass is 10.1. The number of methoxy groups -OCH3 is 1. The zero-order valence-corrected chi connectivity index (χ0v) is 12.9. The molecule has 1 heterocycles. The van der Waals surface area contributed by atoms with Crippen LogP contribution in [0.15, 0.2) is 46.9 Å². The Labute approximate surface area is 130 Å². The van der Waals surface area contributed by atoms with Gasteiger partial charge in [-0.1, -0.05) is 28.1 Å². The van der Waals surface area contributed by atoms with Gasteiger partial charge < -0.3 is 10.5 Å². The molecule has 5 nitrogen and oxygen atoms in total. The first-order valence-corrected chi connectivity index (χ1v) is 7.09. The molecule has 0 fully saturated rings. The van der Waals surface area contributed by atoms with Crippen molar-refractivity contribution in [3.05, 3.63) is 46.9 Å². The van der Waals surface area contributed by atoms with Crippen molar-refractivity contribution in [2.24, 2.45) is 0 Å².